The fourth-order valence-corrected chi connectivity index (χ4v) is 2.13. The van der Waals surface area contributed by atoms with Gasteiger partial charge in [-0.15, -0.1) is 11.3 Å². The number of carbonyl (C=O) groups is 1. The number of aryl methyl sites for hydroxylation is 1. The Morgan fingerprint density at radius 3 is 3.07 bits per heavy atom. The summed E-state index contributed by atoms with van der Waals surface area (Å²) in [5.41, 5.74) is 1.77. The number of hydrogen-bond acceptors (Lipinski definition) is 3. The number of hydrogen-bond donors (Lipinski definition) is 0. The van der Waals surface area contributed by atoms with Gasteiger partial charge in [-0.1, -0.05) is 6.92 Å². The van der Waals surface area contributed by atoms with Crippen LogP contribution in [-0.2, 0) is 13.0 Å². The predicted octanol–water partition coefficient (Wildman–Crippen LogP) is 2.37. The normalized spacial score (nSPS) is 10.5. The summed E-state index contributed by atoms with van der Waals surface area (Å²) in [6.07, 6.45) is 5.57. The molecule has 0 radical (unpaired) electrons. The van der Waals surface area contributed by atoms with Crippen molar-refractivity contribution in [2.75, 3.05) is 0 Å². The van der Waals surface area contributed by atoms with Crippen molar-refractivity contribution in [3.05, 3.63) is 40.1 Å². The van der Waals surface area contributed by atoms with Gasteiger partial charge >= 0.3 is 0 Å². The van der Waals surface area contributed by atoms with Gasteiger partial charge in [-0.25, -0.2) is 4.98 Å². The van der Waals surface area contributed by atoms with Crippen LogP contribution in [0.5, 0.6) is 0 Å². The van der Waals surface area contributed by atoms with E-state index in [9.17, 15) is 4.79 Å². The van der Waals surface area contributed by atoms with Gasteiger partial charge < -0.3 is 4.57 Å². The summed E-state index contributed by atoms with van der Waals surface area (Å²) in [4.78, 5) is 15.0. The third-order valence-electron chi connectivity index (χ3n) is 2.16. The molecule has 0 unspecified atom stereocenters. The predicted molar refractivity (Wildman–Crippen MR) is 60.4 cm³/mol. The average molecular weight is 220 g/mol. The molecule has 2 aromatic heterocycles. The van der Waals surface area contributed by atoms with E-state index in [2.05, 4.69) is 17.3 Å². The highest BCUT2D eigenvalue weighted by atomic mass is 32.1. The minimum atomic E-state index is 0.709. The van der Waals surface area contributed by atoms with E-state index in [1.807, 2.05) is 17.0 Å². The number of aldehydes is 1. The van der Waals surface area contributed by atoms with Gasteiger partial charge in [0.2, 0.25) is 0 Å². The Bertz CT molecular complexity index is 459. The number of aromatic nitrogens is 2. The largest absolute Gasteiger partial charge is 0.348 e. The van der Waals surface area contributed by atoms with E-state index >= 15 is 0 Å². The fourth-order valence-electron chi connectivity index (χ4n) is 1.40. The van der Waals surface area contributed by atoms with Crippen LogP contribution in [0.15, 0.2) is 23.8 Å². The minimum absolute atomic E-state index is 0.709. The summed E-state index contributed by atoms with van der Waals surface area (Å²) in [5.74, 6) is 0. The van der Waals surface area contributed by atoms with Crippen LogP contribution in [0.25, 0.3) is 0 Å². The van der Waals surface area contributed by atoms with Gasteiger partial charge in [0, 0.05) is 23.3 Å². The van der Waals surface area contributed by atoms with Gasteiger partial charge in [0.15, 0.2) is 6.29 Å². The van der Waals surface area contributed by atoms with Crippen molar-refractivity contribution in [2.45, 2.75) is 19.9 Å². The summed E-state index contributed by atoms with van der Waals surface area (Å²) in [6.45, 7) is 2.84. The smallest absolute Gasteiger partial charge is 0.151 e. The highest BCUT2D eigenvalue weighted by molar-refractivity contribution is 7.09. The zero-order chi connectivity index (χ0) is 10.7. The topological polar surface area (TPSA) is 34.9 Å². The number of rotatable bonds is 4. The highest BCUT2D eigenvalue weighted by Crippen LogP contribution is 2.11. The van der Waals surface area contributed by atoms with Crippen molar-refractivity contribution >= 4 is 17.6 Å². The first-order chi connectivity index (χ1) is 7.31. The van der Waals surface area contributed by atoms with Gasteiger partial charge in [0.05, 0.1) is 17.2 Å². The van der Waals surface area contributed by atoms with Crippen LogP contribution in [0.1, 0.15) is 28.0 Å². The molecule has 2 aromatic rings. The Morgan fingerprint density at radius 1 is 1.60 bits per heavy atom. The lowest BCUT2D eigenvalue weighted by atomic mass is 10.4. The fraction of sp³-hybridized carbons (Fsp3) is 0.273. The minimum Gasteiger partial charge on any atom is -0.348 e. The Labute approximate surface area is 92.4 Å². The second-order valence-electron chi connectivity index (χ2n) is 3.32. The van der Waals surface area contributed by atoms with E-state index in [4.69, 9.17) is 0 Å². The van der Waals surface area contributed by atoms with Crippen LogP contribution in [-0.4, -0.2) is 15.8 Å². The highest BCUT2D eigenvalue weighted by Gasteiger charge is 2.01. The number of carbonyl (C=O) groups excluding carboxylic acids is 1. The third-order valence-corrected chi connectivity index (χ3v) is 3.20. The SMILES string of the molecule is CCc1nc(Cn2ccc(C=O)c2)cs1. The second kappa shape index (κ2) is 4.40. The lowest BCUT2D eigenvalue weighted by molar-refractivity contribution is 0.112. The molecule has 0 aliphatic rings. The van der Waals surface area contributed by atoms with Gasteiger partial charge in [-0.05, 0) is 12.5 Å². The van der Waals surface area contributed by atoms with Crippen molar-refractivity contribution in [1.82, 2.24) is 9.55 Å². The molecule has 0 N–H and O–H groups in total. The van der Waals surface area contributed by atoms with Crippen LogP contribution >= 0.6 is 11.3 Å². The number of nitrogens with zero attached hydrogens (tertiary/aromatic N) is 2. The molecule has 0 fully saturated rings. The zero-order valence-electron chi connectivity index (χ0n) is 8.51. The molecule has 4 heteroatoms. The number of thiazole rings is 1. The van der Waals surface area contributed by atoms with Crippen molar-refractivity contribution in [1.29, 1.82) is 0 Å². The average Bonchev–Trinajstić information content (AvgIpc) is 2.87. The molecule has 0 atom stereocenters. The first kappa shape index (κ1) is 10.1. The van der Waals surface area contributed by atoms with Gasteiger partial charge in [0.1, 0.15) is 0 Å². The van der Waals surface area contributed by atoms with Gasteiger partial charge in [0.25, 0.3) is 0 Å². The van der Waals surface area contributed by atoms with Gasteiger partial charge in [-0.2, -0.15) is 0 Å². The molecular weight excluding hydrogens is 208 g/mol. The molecule has 78 valence electrons. The molecule has 15 heavy (non-hydrogen) atoms. The lowest BCUT2D eigenvalue weighted by Gasteiger charge is -1.97. The van der Waals surface area contributed by atoms with Gasteiger partial charge in [-0.3, -0.25) is 4.79 Å². The maximum absolute atomic E-state index is 10.5. The maximum Gasteiger partial charge on any atom is 0.151 e. The molecule has 0 bridgehead atoms. The summed E-state index contributed by atoms with van der Waals surface area (Å²) < 4.78 is 1.97. The van der Waals surface area contributed by atoms with E-state index < -0.39 is 0 Å². The summed E-state index contributed by atoms with van der Waals surface area (Å²) in [5, 5.41) is 3.23. The van der Waals surface area contributed by atoms with Crippen molar-refractivity contribution in [2.24, 2.45) is 0 Å². The summed E-state index contributed by atoms with van der Waals surface area (Å²) >= 11 is 1.69. The standard InChI is InChI=1S/C11H12N2OS/c1-2-11-12-10(8-15-11)6-13-4-3-9(5-13)7-14/h3-5,7-8H,2,6H2,1H3. The van der Waals surface area contributed by atoms with Crippen molar-refractivity contribution in [3.63, 3.8) is 0 Å². The summed E-state index contributed by atoms with van der Waals surface area (Å²) in [6, 6.07) is 1.81. The van der Waals surface area contributed by atoms with E-state index in [0.29, 0.717) is 5.56 Å². The molecule has 2 heterocycles. The Morgan fingerprint density at radius 2 is 2.47 bits per heavy atom. The Balaban J connectivity index is 2.10. The molecule has 3 nitrogen and oxygen atoms in total. The summed E-state index contributed by atoms with van der Waals surface area (Å²) in [7, 11) is 0. The zero-order valence-corrected chi connectivity index (χ0v) is 9.33. The third kappa shape index (κ3) is 2.33. The monoisotopic (exact) mass is 220 g/mol. The van der Waals surface area contributed by atoms with Crippen LogP contribution in [0.4, 0.5) is 0 Å². The van der Waals surface area contributed by atoms with Crippen LogP contribution in [0.3, 0.4) is 0 Å². The van der Waals surface area contributed by atoms with E-state index in [-0.39, 0.29) is 0 Å². The lowest BCUT2D eigenvalue weighted by Crippen LogP contribution is -1.96. The molecular formula is C11H12N2OS. The van der Waals surface area contributed by atoms with E-state index in [1.54, 1.807) is 17.4 Å². The van der Waals surface area contributed by atoms with Crippen molar-refractivity contribution in [3.8, 4) is 0 Å². The molecule has 0 aliphatic carbocycles. The molecule has 0 amide bonds. The molecule has 0 saturated carbocycles. The second-order valence-corrected chi connectivity index (χ2v) is 4.26. The molecule has 0 spiro atoms. The Kier molecular flexibility index (Phi) is 2.97. The van der Waals surface area contributed by atoms with Crippen LogP contribution in [0, 0.1) is 0 Å². The molecule has 0 aromatic carbocycles. The first-order valence-electron chi connectivity index (χ1n) is 4.86. The maximum atomic E-state index is 10.5. The molecule has 0 aliphatic heterocycles. The first-order valence-corrected chi connectivity index (χ1v) is 5.74. The quantitative estimate of drug-likeness (QED) is 0.741. The van der Waals surface area contributed by atoms with E-state index in [0.717, 1.165) is 30.0 Å². The van der Waals surface area contributed by atoms with E-state index in [1.165, 1.54) is 0 Å². The van der Waals surface area contributed by atoms with Crippen LogP contribution < -0.4 is 0 Å². The van der Waals surface area contributed by atoms with Crippen molar-refractivity contribution < 1.29 is 4.79 Å². The van der Waals surface area contributed by atoms with Crippen LogP contribution in [0.2, 0.25) is 0 Å². The Hall–Kier alpha value is -1.42. The molecule has 2 rings (SSSR count). The molecule has 0 saturated heterocycles.